The number of amides is 2. The van der Waals surface area contributed by atoms with E-state index < -0.39 is 5.41 Å². The van der Waals surface area contributed by atoms with Crippen molar-refractivity contribution in [2.45, 2.75) is 31.2 Å². The third-order valence-electron chi connectivity index (χ3n) is 7.02. The van der Waals surface area contributed by atoms with Crippen molar-refractivity contribution in [1.29, 1.82) is 0 Å². The normalized spacial score (nSPS) is 21.2. The van der Waals surface area contributed by atoms with Crippen molar-refractivity contribution in [2.24, 2.45) is 0 Å². The van der Waals surface area contributed by atoms with E-state index in [1.807, 2.05) is 35.2 Å². The number of hydrogen-bond donors (Lipinski definition) is 1. The van der Waals surface area contributed by atoms with Gasteiger partial charge in [-0.2, -0.15) is 0 Å². The van der Waals surface area contributed by atoms with E-state index in [1.54, 1.807) is 7.05 Å². The maximum absolute atomic E-state index is 14.1. The van der Waals surface area contributed by atoms with Crippen LogP contribution >= 0.6 is 0 Å². The van der Waals surface area contributed by atoms with Crippen LogP contribution in [0, 0.1) is 6.92 Å². The largest absolute Gasteiger partial charge is 0.381 e. The summed E-state index contributed by atoms with van der Waals surface area (Å²) >= 11 is 0. The van der Waals surface area contributed by atoms with Gasteiger partial charge in [-0.05, 0) is 50.1 Å². The van der Waals surface area contributed by atoms with E-state index >= 15 is 0 Å². The number of piperazine rings is 1. The fraction of sp³-hybridized carbons (Fsp3) is 0.462. The molecule has 0 spiro atoms. The van der Waals surface area contributed by atoms with Crippen LogP contribution in [0.5, 0.6) is 0 Å². The lowest BCUT2D eigenvalue weighted by Gasteiger charge is -2.45. The van der Waals surface area contributed by atoms with E-state index in [9.17, 15) is 9.59 Å². The molecule has 2 saturated heterocycles. The van der Waals surface area contributed by atoms with Crippen molar-refractivity contribution in [1.82, 2.24) is 15.1 Å². The quantitative estimate of drug-likeness (QED) is 0.802. The molecule has 1 N–H and O–H groups in total. The lowest BCUT2D eigenvalue weighted by atomic mass is 9.72. The minimum absolute atomic E-state index is 0.0479. The first-order valence-corrected chi connectivity index (χ1v) is 11.4. The zero-order valence-electron chi connectivity index (χ0n) is 19.3. The summed E-state index contributed by atoms with van der Waals surface area (Å²) in [6.07, 6.45) is 1.41. The van der Waals surface area contributed by atoms with Gasteiger partial charge in [0.1, 0.15) is 0 Å². The number of aryl methyl sites for hydroxylation is 1. The molecule has 0 aliphatic carbocycles. The zero-order valence-corrected chi connectivity index (χ0v) is 19.3. The summed E-state index contributed by atoms with van der Waals surface area (Å²) in [5, 5.41) is 2.69. The van der Waals surface area contributed by atoms with Gasteiger partial charge < -0.3 is 15.0 Å². The third-order valence-corrected chi connectivity index (χ3v) is 7.02. The van der Waals surface area contributed by atoms with Gasteiger partial charge in [0.2, 0.25) is 5.91 Å². The Balaban J connectivity index is 1.63. The Morgan fingerprint density at radius 3 is 2.53 bits per heavy atom. The second-order valence-electron chi connectivity index (χ2n) is 9.02. The first-order chi connectivity index (χ1) is 15.4. The van der Waals surface area contributed by atoms with Crippen molar-refractivity contribution >= 4 is 11.8 Å². The van der Waals surface area contributed by atoms with E-state index in [0.717, 1.165) is 17.7 Å². The van der Waals surface area contributed by atoms with Crippen molar-refractivity contribution in [3.8, 4) is 0 Å². The Morgan fingerprint density at radius 1 is 1.06 bits per heavy atom. The third kappa shape index (κ3) is 4.30. The van der Waals surface area contributed by atoms with Gasteiger partial charge >= 0.3 is 0 Å². The summed E-state index contributed by atoms with van der Waals surface area (Å²) in [6.45, 7) is 5.39. The molecule has 0 radical (unpaired) electrons. The molecule has 6 nitrogen and oxygen atoms in total. The van der Waals surface area contributed by atoms with Crippen LogP contribution in [0.1, 0.15) is 45.9 Å². The average Bonchev–Trinajstić information content (AvgIpc) is 2.84. The highest BCUT2D eigenvalue weighted by atomic mass is 16.5. The summed E-state index contributed by atoms with van der Waals surface area (Å²) in [7, 11) is 3.73. The van der Waals surface area contributed by atoms with Gasteiger partial charge in [-0.15, -0.1) is 0 Å². The fourth-order valence-electron chi connectivity index (χ4n) is 5.04. The van der Waals surface area contributed by atoms with Crippen molar-refractivity contribution < 1.29 is 14.3 Å². The topological polar surface area (TPSA) is 61.9 Å². The number of benzene rings is 2. The van der Waals surface area contributed by atoms with Gasteiger partial charge in [0.15, 0.2) is 0 Å². The van der Waals surface area contributed by atoms with E-state index in [0.29, 0.717) is 44.7 Å². The van der Waals surface area contributed by atoms with Crippen LogP contribution in [0.3, 0.4) is 0 Å². The first kappa shape index (κ1) is 22.5. The molecule has 2 amide bonds. The molecular weight excluding hydrogens is 402 g/mol. The van der Waals surface area contributed by atoms with E-state index in [1.165, 1.54) is 5.56 Å². The lowest BCUT2D eigenvalue weighted by molar-refractivity contribution is -0.144. The van der Waals surface area contributed by atoms with Crippen LogP contribution in [0.2, 0.25) is 0 Å². The molecule has 0 saturated carbocycles. The predicted octanol–water partition coefficient (Wildman–Crippen LogP) is 2.92. The number of rotatable bonds is 4. The number of nitrogens with one attached hydrogen (secondary N) is 1. The molecule has 2 aromatic carbocycles. The molecule has 1 atom stereocenters. The highest BCUT2D eigenvalue weighted by Crippen LogP contribution is 2.38. The molecule has 0 aromatic heterocycles. The minimum Gasteiger partial charge on any atom is -0.381 e. The molecule has 6 heteroatoms. The molecule has 2 aliphatic heterocycles. The Kier molecular flexibility index (Phi) is 6.63. The van der Waals surface area contributed by atoms with Crippen molar-refractivity contribution in [2.75, 3.05) is 46.9 Å². The first-order valence-electron chi connectivity index (χ1n) is 11.4. The second-order valence-corrected chi connectivity index (χ2v) is 9.02. The van der Waals surface area contributed by atoms with Crippen LogP contribution in [-0.4, -0.2) is 68.6 Å². The summed E-state index contributed by atoms with van der Waals surface area (Å²) < 4.78 is 5.65. The Morgan fingerprint density at radius 2 is 1.81 bits per heavy atom. The van der Waals surface area contributed by atoms with E-state index in [2.05, 4.69) is 42.4 Å². The van der Waals surface area contributed by atoms with Crippen LogP contribution in [0.4, 0.5) is 0 Å². The molecule has 170 valence electrons. The Bertz CT molecular complexity index is 984. The maximum Gasteiger partial charge on any atom is 0.251 e. The van der Waals surface area contributed by atoms with Gasteiger partial charge in [0, 0.05) is 45.5 Å². The molecule has 0 bridgehead atoms. The molecule has 32 heavy (non-hydrogen) atoms. The summed E-state index contributed by atoms with van der Waals surface area (Å²) in [5.41, 5.74) is 3.44. The van der Waals surface area contributed by atoms with Crippen LogP contribution < -0.4 is 5.32 Å². The summed E-state index contributed by atoms with van der Waals surface area (Å²) in [6, 6.07) is 16.2. The number of carbonyl (C=O) groups is 2. The molecular formula is C26H33N3O3. The fourth-order valence-corrected chi connectivity index (χ4v) is 5.04. The molecule has 2 aliphatic rings. The summed E-state index contributed by atoms with van der Waals surface area (Å²) in [5.74, 6) is 0.103. The predicted molar refractivity (Wildman–Crippen MR) is 125 cm³/mol. The van der Waals surface area contributed by atoms with Gasteiger partial charge in [0.25, 0.3) is 5.91 Å². The zero-order chi connectivity index (χ0) is 22.7. The monoisotopic (exact) mass is 435 g/mol. The second kappa shape index (κ2) is 9.43. The standard InChI is InChI=1S/C26H33N3O3/c1-19-6-4-9-22(16-19)26(10-14-32-15-11-26)25(31)29-13-12-28(3)23(18-29)20-7-5-8-21(17-20)24(30)27-2/h4-9,16-17,23H,10-15,18H2,1-3H3,(H,27,30). The summed E-state index contributed by atoms with van der Waals surface area (Å²) in [4.78, 5) is 30.5. The van der Waals surface area contributed by atoms with E-state index in [4.69, 9.17) is 4.74 Å². The molecule has 1 unspecified atom stereocenters. The van der Waals surface area contributed by atoms with Gasteiger partial charge in [-0.25, -0.2) is 0 Å². The highest BCUT2D eigenvalue weighted by molar-refractivity contribution is 5.94. The molecule has 2 aromatic rings. The van der Waals surface area contributed by atoms with Crippen molar-refractivity contribution in [3.05, 3.63) is 70.8 Å². The van der Waals surface area contributed by atoms with Gasteiger partial charge in [-0.1, -0.05) is 42.0 Å². The minimum atomic E-state index is -0.533. The van der Waals surface area contributed by atoms with Crippen LogP contribution in [0.25, 0.3) is 0 Å². The number of likely N-dealkylation sites (N-methyl/N-ethyl adjacent to an activating group) is 1. The van der Waals surface area contributed by atoms with Gasteiger partial charge in [0.05, 0.1) is 11.5 Å². The number of nitrogens with zero attached hydrogens (tertiary/aromatic N) is 2. The smallest absolute Gasteiger partial charge is 0.251 e. The van der Waals surface area contributed by atoms with Crippen LogP contribution in [-0.2, 0) is 14.9 Å². The average molecular weight is 436 g/mol. The van der Waals surface area contributed by atoms with Crippen LogP contribution in [0.15, 0.2) is 48.5 Å². The van der Waals surface area contributed by atoms with E-state index in [-0.39, 0.29) is 17.9 Å². The highest BCUT2D eigenvalue weighted by Gasteiger charge is 2.45. The molecule has 4 rings (SSSR count). The number of hydrogen-bond acceptors (Lipinski definition) is 4. The Labute approximate surface area is 190 Å². The number of ether oxygens (including phenoxy) is 1. The Hall–Kier alpha value is -2.70. The maximum atomic E-state index is 14.1. The van der Waals surface area contributed by atoms with Gasteiger partial charge in [-0.3, -0.25) is 14.5 Å². The molecule has 2 heterocycles. The lowest BCUT2D eigenvalue weighted by Crippen LogP contribution is -2.56. The number of carbonyl (C=O) groups excluding carboxylic acids is 2. The SMILES string of the molecule is CNC(=O)c1cccc(C2CN(C(=O)C3(c4cccc(C)c4)CCOCC3)CCN2C)c1. The molecule has 2 fully saturated rings. The van der Waals surface area contributed by atoms with Crippen molar-refractivity contribution in [3.63, 3.8) is 0 Å².